The van der Waals surface area contributed by atoms with Crippen molar-refractivity contribution in [3.05, 3.63) is 99.0 Å². The molecule has 0 saturated carbocycles. The van der Waals surface area contributed by atoms with Crippen LogP contribution >= 0.6 is 15.3 Å². The van der Waals surface area contributed by atoms with Gasteiger partial charge in [-0.05, 0) is 24.6 Å². The number of ether oxygens (including phenoxy) is 2. The molecule has 0 amide bonds. The average Bonchev–Trinajstić information content (AvgIpc) is 3.57. The number of methoxy groups -OCH3 is 1. The van der Waals surface area contributed by atoms with Gasteiger partial charge >= 0.3 is 19.5 Å². The second-order valence-electron chi connectivity index (χ2n) is 10.6. The molecule has 4 aromatic rings. The van der Waals surface area contributed by atoms with Crippen LogP contribution in [0.15, 0.2) is 81.0 Å². The van der Waals surface area contributed by atoms with Gasteiger partial charge in [-0.3, -0.25) is 27.8 Å². The molecule has 0 bridgehead atoms. The molecule has 47 heavy (non-hydrogen) atoms. The molecule has 19 heteroatoms. The molecular weight excluding hydrogens is 662 g/mol. The first-order valence-electron chi connectivity index (χ1n) is 14.1. The maximum atomic E-state index is 13.7. The van der Waals surface area contributed by atoms with E-state index in [1.54, 1.807) is 54.6 Å². The van der Waals surface area contributed by atoms with Gasteiger partial charge in [0.25, 0.3) is 13.1 Å². The van der Waals surface area contributed by atoms with Gasteiger partial charge in [-0.2, -0.15) is 0 Å². The van der Waals surface area contributed by atoms with Crippen LogP contribution in [0, 0.1) is 0 Å². The van der Waals surface area contributed by atoms with E-state index in [1.807, 2.05) is 0 Å². The van der Waals surface area contributed by atoms with Crippen LogP contribution in [-0.4, -0.2) is 73.4 Å². The van der Waals surface area contributed by atoms with Gasteiger partial charge < -0.3 is 29.1 Å². The Hall–Kier alpha value is -3.76. The van der Waals surface area contributed by atoms with E-state index in [0.717, 1.165) is 28.5 Å². The molecule has 7 atom stereocenters. The molecule has 0 spiro atoms. The van der Waals surface area contributed by atoms with Crippen molar-refractivity contribution in [1.82, 2.24) is 19.4 Å². The molecule has 1 saturated heterocycles. The summed E-state index contributed by atoms with van der Waals surface area (Å²) in [5.41, 5.74) is -0.395. The number of hydrogen-bond donors (Lipinski definition) is 4. The Labute approximate surface area is 266 Å². The lowest BCUT2D eigenvalue weighted by atomic mass is 10.1. The topological polar surface area (TPSA) is 231 Å². The molecule has 0 radical (unpaired) electrons. The number of para-hydroxylation sites is 1. The average molecular weight is 695 g/mol. The van der Waals surface area contributed by atoms with Crippen LogP contribution < -0.4 is 16.3 Å². The zero-order chi connectivity index (χ0) is 33.9. The van der Waals surface area contributed by atoms with Gasteiger partial charge in [0.1, 0.15) is 30.0 Å². The number of aliphatic hydroxyl groups excluding tert-OH is 2. The van der Waals surface area contributed by atoms with Gasteiger partial charge in [0.15, 0.2) is 11.8 Å². The number of phosphoric ester groups is 1. The summed E-state index contributed by atoms with van der Waals surface area (Å²) in [6.07, 6.45) is -5.85. The largest absolute Gasteiger partial charge is 0.478 e. The molecular formula is C28H32N4O13P2. The minimum atomic E-state index is -5.19. The second kappa shape index (κ2) is 14.2. The van der Waals surface area contributed by atoms with Crippen LogP contribution in [0.4, 0.5) is 0 Å². The number of esters is 1. The number of hydrogen-bond acceptors (Lipinski definition) is 13. The third kappa shape index (κ3) is 7.87. The Balaban J connectivity index is 1.30. The van der Waals surface area contributed by atoms with Crippen molar-refractivity contribution in [1.29, 1.82) is 0 Å². The standard InChI is InChI=1S/C28H32N4O13P2/c1-17(27(36)41-2)30-46(38,16-18-8-4-3-5-9-18)45-47(39,40)42-15-22-24(34)25(35)26(43-22)31-13-12-23(33)32(28(31)37)14-20-19-10-6-7-11-21(19)44-29-20/h3-13,17,22,24-26,34-35H,14-16H2,1-2H3,(H,30,38)(H,39,40)/t17?,22-,24?,25+,26-,46?/m1/s1. The van der Waals surface area contributed by atoms with Crippen LogP contribution in [0.1, 0.15) is 24.4 Å². The fourth-order valence-electron chi connectivity index (χ4n) is 4.97. The van der Waals surface area contributed by atoms with Crippen molar-refractivity contribution in [2.45, 2.75) is 50.2 Å². The molecule has 3 heterocycles. The Morgan fingerprint density at radius 2 is 1.77 bits per heavy atom. The lowest BCUT2D eigenvalue weighted by molar-refractivity contribution is -0.142. The fourth-order valence-corrected chi connectivity index (χ4v) is 8.73. The van der Waals surface area contributed by atoms with E-state index in [9.17, 15) is 38.6 Å². The van der Waals surface area contributed by atoms with Gasteiger partial charge in [0.05, 0.1) is 26.4 Å². The summed E-state index contributed by atoms with van der Waals surface area (Å²) < 4.78 is 54.0. The number of nitrogens with one attached hydrogen (secondary N) is 1. The van der Waals surface area contributed by atoms with E-state index < -0.39 is 75.9 Å². The number of phosphoric acid groups is 1. The molecule has 4 N–H and O–H groups in total. The summed E-state index contributed by atoms with van der Waals surface area (Å²) in [5, 5.41) is 28.3. The van der Waals surface area contributed by atoms with Crippen LogP contribution in [-0.2, 0) is 44.9 Å². The first kappa shape index (κ1) is 34.6. The summed E-state index contributed by atoms with van der Waals surface area (Å²) in [6.45, 7) is 0.184. The summed E-state index contributed by atoms with van der Waals surface area (Å²) in [4.78, 5) is 48.5. The van der Waals surface area contributed by atoms with Gasteiger partial charge in [-0.25, -0.2) is 18.8 Å². The molecule has 2 aromatic carbocycles. The first-order chi connectivity index (χ1) is 22.3. The molecule has 2 aromatic heterocycles. The summed E-state index contributed by atoms with van der Waals surface area (Å²) in [5.74, 6) is -0.811. The molecule has 252 valence electrons. The number of carbonyl (C=O) groups is 1. The maximum Gasteiger partial charge on any atom is 0.478 e. The fraction of sp³-hybridized carbons (Fsp3) is 0.357. The Morgan fingerprint density at radius 1 is 1.06 bits per heavy atom. The van der Waals surface area contributed by atoms with Crippen LogP contribution in [0.5, 0.6) is 0 Å². The lowest BCUT2D eigenvalue weighted by Crippen LogP contribution is -2.43. The Bertz CT molecular complexity index is 1950. The molecule has 1 aliphatic rings. The van der Waals surface area contributed by atoms with Crippen molar-refractivity contribution in [2.24, 2.45) is 0 Å². The van der Waals surface area contributed by atoms with Crippen LogP contribution in [0.3, 0.4) is 0 Å². The van der Waals surface area contributed by atoms with Gasteiger partial charge in [0, 0.05) is 17.6 Å². The predicted molar refractivity (Wildman–Crippen MR) is 163 cm³/mol. The second-order valence-corrected chi connectivity index (χ2v) is 14.4. The van der Waals surface area contributed by atoms with E-state index in [4.69, 9.17) is 18.1 Å². The van der Waals surface area contributed by atoms with Crippen LogP contribution in [0.25, 0.3) is 11.0 Å². The van der Waals surface area contributed by atoms with Crippen molar-refractivity contribution >= 4 is 32.3 Å². The molecule has 0 aliphatic carbocycles. The molecule has 1 aliphatic heterocycles. The molecule has 5 rings (SSSR count). The third-order valence-electron chi connectivity index (χ3n) is 7.28. The van der Waals surface area contributed by atoms with Gasteiger partial charge in [0.2, 0.25) is 0 Å². The number of aromatic nitrogens is 3. The Morgan fingerprint density at radius 3 is 2.49 bits per heavy atom. The normalized spacial score (nSPS) is 22.8. The number of rotatable bonds is 13. The third-order valence-corrected chi connectivity index (χ3v) is 11.2. The van der Waals surface area contributed by atoms with E-state index >= 15 is 0 Å². The van der Waals surface area contributed by atoms with Gasteiger partial charge in [-0.1, -0.05) is 47.6 Å². The smallest absolute Gasteiger partial charge is 0.468 e. The SMILES string of the molecule is COC(=O)C(C)NP(=O)(Cc1ccccc1)OP(=O)(O)OC[C@H]1O[C@@H](n2ccc(=O)n(Cc3noc4ccccc34)c2=O)[C@@H](O)C1O. The van der Waals surface area contributed by atoms with Gasteiger partial charge in [-0.15, -0.1) is 0 Å². The quantitative estimate of drug-likeness (QED) is 0.115. The number of aliphatic hydroxyl groups is 2. The minimum Gasteiger partial charge on any atom is -0.468 e. The zero-order valence-electron chi connectivity index (χ0n) is 25.0. The van der Waals surface area contributed by atoms with E-state index in [1.165, 1.54) is 6.92 Å². The lowest BCUT2D eigenvalue weighted by Gasteiger charge is -2.25. The highest BCUT2D eigenvalue weighted by molar-refractivity contribution is 7.65. The number of carbonyl (C=O) groups excluding carboxylic acids is 1. The summed E-state index contributed by atoms with van der Waals surface area (Å²) >= 11 is 0. The molecule has 4 unspecified atom stereocenters. The van der Waals surface area contributed by atoms with Crippen LogP contribution in [0.2, 0.25) is 0 Å². The van der Waals surface area contributed by atoms with E-state index in [2.05, 4.69) is 15.0 Å². The van der Waals surface area contributed by atoms with Crippen molar-refractivity contribution in [3.63, 3.8) is 0 Å². The summed E-state index contributed by atoms with van der Waals surface area (Å²) in [7, 11) is -8.41. The summed E-state index contributed by atoms with van der Waals surface area (Å²) in [6, 6.07) is 14.9. The monoisotopic (exact) mass is 694 g/mol. The van der Waals surface area contributed by atoms with Crippen molar-refractivity contribution in [2.75, 3.05) is 13.7 Å². The van der Waals surface area contributed by atoms with E-state index in [0.29, 0.717) is 22.2 Å². The number of fused-ring (bicyclic) bond motifs is 1. The Kier molecular flexibility index (Phi) is 10.4. The minimum absolute atomic E-state index is 0.274. The number of benzene rings is 2. The highest BCUT2D eigenvalue weighted by Gasteiger charge is 2.46. The predicted octanol–water partition coefficient (Wildman–Crippen LogP) is 1.50. The highest BCUT2D eigenvalue weighted by atomic mass is 31.3. The van der Waals surface area contributed by atoms with E-state index in [-0.39, 0.29) is 6.54 Å². The first-order valence-corrected chi connectivity index (χ1v) is 17.5. The number of nitrogens with zero attached hydrogens (tertiary/aromatic N) is 3. The zero-order valence-corrected chi connectivity index (χ0v) is 26.8. The molecule has 17 nitrogen and oxygen atoms in total. The molecule has 1 fully saturated rings. The van der Waals surface area contributed by atoms with Crippen molar-refractivity contribution < 1.29 is 51.9 Å². The maximum absolute atomic E-state index is 13.7. The highest BCUT2D eigenvalue weighted by Crippen LogP contribution is 2.62. The van der Waals surface area contributed by atoms with Crippen molar-refractivity contribution in [3.8, 4) is 0 Å².